The van der Waals surface area contributed by atoms with Crippen LogP contribution in [0, 0.1) is 18.3 Å². The van der Waals surface area contributed by atoms with E-state index in [1.54, 1.807) is 11.1 Å². The van der Waals surface area contributed by atoms with E-state index in [2.05, 4.69) is 25.7 Å². The molecule has 2 aromatic rings. The number of anilines is 3. The zero-order chi connectivity index (χ0) is 21.4. The number of carbonyl (C=O) groups excluding carboxylic acids is 1. The van der Waals surface area contributed by atoms with Crippen molar-refractivity contribution < 1.29 is 13.6 Å². The highest BCUT2D eigenvalue weighted by Gasteiger charge is 2.18. The first kappa shape index (κ1) is 22.0. The molecular weight excluding hydrogens is 382 g/mol. The number of aryl methyl sites for hydroxylation is 1. The van der Waals surface area contributed by atoms with E-state index in [1.807, 2.05) is 26.8 Å². The number of amides is 1. The van der Waals surface area contributed by atoms with Gasteiger partial charge in [-0.1, -0.05) is 0 Å². The van der Waals surface area contributed by atoms with Crippen LogP contribution in [0.1, 0.15) is 25.8 Å². The molecule has 0 fully saturated rings. The molecule has 11 heteroatoms. The molecule has 0 aliphatic carbocycles. The second kappa shape index (κ2) is 10.3. The molecule has 0 aromatic carbocycles. The van der Waals surface area contributed by atoms with E-state index in [1.165, 1.54) is 12.4 Å². The van der Waals surface area contributed by atoms with Crippen LogP contribution >= 0.6 is 0 Å². The van der Waals surface area contributed by atoms with Crippen molar-refractivity contribution in [3.8, 4) is 6.07 Å². The third kappa shape index (κ3) is 6.38. The van der Waals surface area contributed by atoms with Gasteiger partial charge in [-0.05, 0) is 20.8 Å². The summed E-state index contributed by atoms with van der Waals surface area (Å²) in [5, 5.41) is 18.7. The van der Waals surface area contributed by atoms with Crippen molar-refractivity contribution in [3.05, 3.63) is 24.2 Å². The Bertz CT molecular complexity index is 864. The maximum Gasteiger partial charge on any atom is 0.257 e. The maximum atomic E-state index is 12.4. The third-order valence-electron chi connectivity index (χ3n) is 4.17. The Balaban J connectivity index is 2.02. The fourth-order valence-electron chi connectivity index (χ4n) is 2.74. The van der Waals surface area contributed by atoms with E-state index in [0.717, 1.165) is 10.2 Å². The largest absolute Gasteiger partial charge is 0.368 e. The summed E-state index contributed by atoms with van der Waals surface area (Å²) in [6.45, 7) is 6.04. The zero-order valence-corrected chi connectivity index (χ0v) is 16.6. The Morgan fingerprint density at radius 3 is 2.83 bits per heavy atom. The lowest BCUT2D eigenvalue weighted by molar-refractivity contribution is -0.131. The minimum Gasteiger partial charge on any atom is -0.368 e. The minimum atomic E-state index is -2.49. The van der Waals surface area contributed by atoms with Crippen LogP contribution < -0.4 is 10.6 Å². The van der Waals surface area contributed by atoms with Crippen LogP contribution in [-0.4, -0.2) is 56.1 Å². The van der Waals surface area contributed by atoms with Gasteiger partial charge in [-0.3, -0.25) is 9.48 Å². The van der Waals surface area contributed by atoms with Crippen LogP contribution in [0.25, 0.3) is 0 Å². The van der Waals surface area contributed by atoms with Crippen molar-refractivity contribution in [2.24, 2.45) is 0 Å². The van der Waals surface area contributed by atoms with Crippen molar-refractivity contribution in [1.29, 1.82) is 5.26 Å². The Hall–Kier alpha value is -3.29. The molecule has 0 unspecified atom stereocenters. The molecule has 2 heterocycles. The quantitative estimate of drug-likeness (QED) is 0.624. The first-order valence-corrected chi connectivity index (χ1v) is 9.15. The van der Waals surface area contributed by atoms with Gasteiger partial charge in [-0.15, -0.1) is 0 Å². The lowest BCUT2D eigenvalue weighted by atomic mass is 10.2. The van der Waals surface area contributed by atoms with E-state index in [0.29, 0.717) is 24.6 Å². The Labute approximate surface area is 167 Å². The van der Waals surface area contributed by atoms with Crippen molar-refractivity contribution in [2.75, 3.05) is 23.7 Å². The SMILES string of the molecule is CCN(C(=O)CC#N)[C@H](C)CNc1nc(Nc2cnn(CC(F)F)c2)ncc1C. The number of nitriles is 1. The summed E-state index contributed by atoms with van der Waals surface area (Å²) in [4.78, 5) is 22.2. The van der Waals surface area contributed by atoms with Crippen LogP contribution in [0.4, 0.5) is 26.2 Å². The first-order valence-electron chi connectivity index (χ1n) is 9.15. The van der Waals surface area contributed by atoms with Crippen molar-refractivity contribution in [3.63, 3.8) is 0 Å². The number of nitrogens with one attached hydrogen (secondary N) is 2. The monoisotopic (exact) mass is 406 g/mol. The molecule has 1 atom stereocenters. The summed E-state index contributed by atoms with van der Waals surface area (Å²) in [6, 6.07) is 1.73. The fourth-order valence-corrected chi connectivity index (χ4v) is 2.74. The molecule has 0 bridgehead atoms. The molecule has 0 aliphatic heterocycles. The number of carbonyl (C=O) groups is 1. The van der Waals surface area contributed by atoms with Crippen LogP contribution in [-0.2, 0) is 11.3 Å². The summed E-state index contributed by atoms with van der Waals surface area (Å²) >= 11 is 0. The molecule has 0 spiro atoms. The Morgan fingerprint density at radius 1 is 1.41 bits per heavy atom. The average molecular weight is 406 g/mol. The molecule has 0 saturated carbocycles. The number of nitrogens with zero attached hydrogens (tertiary/aromatic N) is 6. The number of likely N-dealkylation sites (N-methyl/N-ethyl adjacent to an activating group) is 1. The topological polar surface area (TPSA) is 112 Å². The normalized spacial score (nSPS) is 11.8. The second-order valence-corrected chi connectivity index (χ2v) is 6.44. The molecular formula is C18H24F2N8O. The Kier molecular flexibility index (Phi) is 7.82. The smallest absolute Gasteiger partial charge is 0.257 e. The van der Waals surface area contributed by atoms with Gasteiger partial charge in [0.25, 0.3) is 6.43 Å². The summed E-state index contributed by atoms with van der Waals surface area (Å²) < 4.78 is 26.0. The molecule has 2 rings (SSSR count). The predicted octanol–water partition coefficient (Wildman–Crippen LogP) is 2.55. The molecule has 2 N–H and O–H groups in total. The molecule has 0 saturated heterocycles. The number of halogens is 2. The van der Waals surface area contributed by atoms with Gasteiger partial charge in [0, 0.05) is 37.1 Å². The second-order valence-electron chi connectivity index (χ2n) is 6.44. The predicted molar refractivity (Wildman–Crippen MR) is 104 cm³/mol. The van der Waals surface area contributed by atoms with Crippen LogP contribution in [0.15, 0.2) is 18.6 Å². The number of rotatable bonds is 10. The third-order valence-corrected chi connectivity index (χ3v) is 4.17. The molecule has 9 nitrogen and oxygen atoms in total. The number of hydrogen-bond donors (Lipinski definition) is 2. The minimum absolute atomic E-state index is 0.140. The first-order chi connectivity index (χ1) is 13.8. The molecule has 29 heavy (non-hydrogen) atoms. The summed E-state index contributed by atoms with van der Waals surface area (Å²) in [5.74, 6) is 0.653. The molecule has 2 aromatic heterocycles. The fraction of sp³-hybridized carbons (Fsp3) is 0.500. The highest BCUT2D eigenvalue weighted by Crippen LogP contribution is 2.17. The van der Waals surface area contributed by atoms with Gasteiger partial charge in [-0.25, -0.2) is 13.8 Å². The number of hydrogen-bond acceptors (Lipinski definition) is 7. The van der Waals surface area contributed by atoms with Crippen LogP contribution in [0.2, 0.25) is 0 Å². The molecule has 0 radical (unpaired) electrons. The van der Waals surface area contributed by atoms with E-state index in [9.17, 15) is 13.6 Å². The van der Waals surface area contributed by atoms with Crippen molar-refractivity contribution >= 4 is 23.4 Å². The lowest BCUT2D eigenvalue weighted by Gasteiger charge is -2.28. The Morgan fingerprint density at radius 2 is 2.17 bits per heavy atom. The summed E-state index contributed by atoms with van der Waals surface area (Å²) in [6.07, 6.45) is 1.85. The number of alkyl halides is 2. The van der Waals surface area contributed by atoms with Gasteiger partial charge in [0.2, 0.25) is 11.9 Å². The summed E-state index contributed by atoms with van der Waals surface area (Å²) in [7, 11) is 0. The average Bonchev–Trinajstić information content (AvgIpc) is 3.09. The summed E-state index contributed by atoms with van der Waals surface area (Å²) in [5.41, 5.74) is 1.30. The zero-order valence-electron chi connectivity index (χ0n) is 16.6. The number of aromatic nitrogens is 4. The highest BCUT2D eigenvalue weighted by molar-refractivity contribution is 5.78. The molecule has 156 valence electrons. The van der Waals surface area contributed by atoms with Gasteiger partial charge in [0.15, 0.2) is 0 Å². The standard InChI is InChI=1S/C18H24F2N8O/c1-4-28(16(29)5-6-21)13(3)8-22-17-12(2)7-23-18(26-17)25-14-9-24-27(10-14)11-15(19)20/h7,9-10,13,15H,4-5,8,11H2,1-3H3,(H2,22,23,25,26)/t13-/m1/s1. The molecule has 1 amide bonds. The molecule has 0 aliphatic rings. The van der Waals surface area contributed by atoms with Crippen LogP contribution in [0.5, 0.6) is 0 Å². The highest BCUT2D eigenvalue weighted by atomic mass is 19.3. The van der Waals surface area contributed by atoms with Crippen molar-refractivity contribution in [2.45, 2.75) is 46.2 Å². The van der Waals surface area contributed by atoms with Gasteiger partial charge >= 0.3 is 0 Å². The van der Waals surface area contributed by atoms with E-state index in [-0.39, 0.29) is 24.3 Å². The van der Waals surface area contributed by atoms with Gasteiger partial charge in [0.05, 0.1) is 18.0 Å². The van der Waals surface area contributed by atoms with Gasteiger partial charge in [0.1, 0.15) is 18.8 Å². The van der Waals surface area contributed by atoms with Gasteiger partial charge in [-0.2, -0.15) is 15.3 Å². The van der Waals surface area contributed by atoms with Crippen LogP contribution in [0.3, 0.4) is 0 Å². The van der Waals surface area contributed by atoms with E-state index >= 15 is 0 Å². The van der Waals surface area contributed by atoms with E-state index in [4.69, 9.17) is 5.26 Å². The van der Waals surface area contributed by atoms with E-state index < -0.39 is 13.0 Å². The lowest BCUT2D eigenvalue weighted by Crippen LogP contribution is -2.42. The van der Waals surface area contributed by atoms with Crippen molar-refractivity contribution in [1.82, 2.24) is 24.6 Å². The maximum absolute atomic E-state index is 12.4. The van der Waals surface area contributed by atoms with Gasteiger partial charge < -0.3 is 15.5 Å².